The predicted molar refractivity (Wildman–Crippen MR) is 144 cm³/mol. The summed E-state index contributed by atoms with van der Waals surface area (Å²) in [6.07, 6.45) is 7.82. The summed E-state index contributed by atoms with van der Waals surface area (Å²) in [6.45, 7) is 6.76. The molecule has 0 saturated carbocycles. The highest BCUT2D eigenvalue weighted by Crippen LogP contribution is 2.20. The molecular formula is C30H31N5O2. The summed E-state index contributed by atoms with van der Waals surface area (Å²) in [5.74, 6) is 0.268. The lowest BCUT2D eigenvalue weighted by Gasteiger charge is -2.22. The van der Waals surface area contributed by atoms with Crippen molar-refractivity contribution in [3.63, 3.8) is 0 Å². The molecule has 1 amide bonds. The Hall–Kier alpha value is -4.23. The first-order valence-corrected chi connectivity index (χ1v) is 12.5. The van der Waals surface area contributed by atoms with Gasteiger partial charge in [-0.1, -0.05) is 42.0 Å². The van der Waals surface area contributed by atoms with Crippen LogP contribution < -0.4 is 5.32 Å². The average molecular weight is 494 g/mol. The van der Waals surface area contributed by atoms with Crippen molar-refractivity contribution in [1.29, 1.82) is 0 Å². The molecule has 5 aromatic rings. The molecule has 3 aromatic heterocycles. The Morgan fingerprint density at radius 3 is 2.70 bits per heavy atom. The van der Waals surface area contributed by atoms with E-state index in [1.54, 1.807) is 12.4 Å². The highest BCUT2D eigenvalue weighted by atomic mass is 16.3. The topological polar surface area (TPSA) is 87.0 Å². The van der Waals surface area contributed by atoms with Crippen LogP contribution in [0.1, 0.15) is 44.2 Å². The molecule has 0 aliphatic heterocycles. The number of carbonyl (C=O) groups is 1. The standard InChI is InChI=1S/C30H31N5O2/c1-21-7-8-25(22(2)15-21)18-35(14-11-24-17-32-27-6-4-3-5-26(24)27)19-29-34-28(20-37-29)30(36)33-16-23-9-12-31-13-10-23/h3-10,12-13,15,17,20,32H,11,14,16,18-19H2,1-2H3,(H,33,36). The van der Waals surface area contributed by atoms with E-state index in [4.69, 9.17) is 4.42 Å². The van der Waals surface area contributed by atoms with Crippen LogP contribution in [0.2, 0.25) is 0 Å². The van der Waals surface area contributed by atoms with Crippen LogP contribution in [0.4, 0.5) is 0 Å². The molecule has 0 radical (unpaired) electrons. The number of aryl methyl sites for hydroxylation is 2. The molecule has 0 saturated heterocycles. The number of oxazole rings is 1. The number of aromatic amines is 1. The van der Waals surface area contributed by atoms with Crippen LogP contribution >= 0.6 is 0 Å². The second-order valence-corrected chi connectivity index (χ2v) is 9.41. The Morgan fingerprint density at radius 1 is 1.03 bits per heavy atom. The van der Waals surface area contributed by atoms with Crippen molar-refractivity contribution in [1.82, 2.24) is 25.2 Å². The number of rotatable bonds is 10. The van der Waals surface area contributed by atoms with Crippen LogP contribution in [-0.2, 0) is 26.1 Å². The highest BCUT2D eigenvalue weighted by molar-refractivity contribution is 5.91. The Labute approximate surface area is 216 Å². The number of fused-ring (bicyclic) bond motifs is 1. The normalized spacial score (nSPS) is 11.3. The lowest BCUT2D eigenvalue weighted by molar-refractivity contribution is 0.0945. The van der Waals surface area contributed by atoms with Crippen LogP contribution in [0.5, 0.6) is 0 Å². The van der Waals surface area contributed by atoms with E-state index in [-0.39, 0.29) is 11.6 Å². The largest absolute Gasteiger partial charge is 0.447 e. The second kappa shape index (κ2) is 11.2. The summed E-state index contributed by atoms with van der Waals surface area (Å²) < 4.78 is 5.73. The number of para-hydroxylation sites is 1. The van der Waals surface area contributed by atoms with Crippen LogP contribution in [-0.4, -0.2) is 32.3 Å². The molecule has 188 valence electrons. The van der Waals surface area contributed by atoms with Gasteiger partial charge in [-0.3, -0.25) is 14.7 Å². The van der Waals surface area contributed by atoms with Gasteiger partial charge < -0.3 is 14.7 Å². The zero-order valence-corrected chi connectivity index (χ0v) is 21.2. The van der Waals surface area contributed by atoms with Gasteiger partial charge in [0.25, 0.3) is 5.91 Å². The fourth-order valence-electron chi connectivity index (χ4n) is 4.55. The fourth-order valence-corrected chi connectivity index (χ4v) is 4.55. The maximum atomic E-state index is 12.6. The maximum Gasteiger partial charge on any atom is 0.273 e. The lowest BCUT2D eigenvalue weighted by atomic mass is 10.0. The summed E-state index contributed by atoms with van der Waals surface area (Å²) in [5.41, 5.74) is 7.48. The number of aromatic nitrogens is 3. The van der Waals surface area contributed by atoms with Gasteiger partial charge in [-0.2, -0.15) is 0 Å². The van der Waals surface area contributed by atoms with Gasteiger partial charge in [0.2, 0.25) is 5.89 Å². The van der Waals surface area contributed by atoms with Gasteiger partial charge in [-0.05, 0) is 60.7 Å². The van der Waals surface area contributed by atoms with Crippen molar-refractivity contribution in [2.45, 2.75) is 39.9 Å². The summed E-state index contributed by atoms with van der Waals surface area (Å²) in [5, 5.41) is 4.14. The molecule has 0 spiro atoms. The van der Waals surface area contributed by atoms with Crippen molar-refractivity contribution in [2.24, 2.45) is 0 Å². The van der Waals surface area contributed by atoms with Crippen LogP contribution in [0, 0.1) is 13.8 Å². The lowest BCUT2D eigenvalue weighted by Crippen LogP contribution is -2.26. The molecule has 5 rings (SSSR count). The third-order valence-electron chi connectivity index (χ3n) is 6.61. The van der Waals surface area contributed by atoms with Crippen LogP contribution in [0.3, 0.4) is 0 Å². The van der Waals surface area contributed by atoms with Gasteiger partial charge in [-0.15, -0.1) is 0 Å². The molecule has 2 N–H and O–H groups in total. The third kappa shape index (κ3) is 6.13. The number of hydrogen-bond acceptors (Lipinski definition) is 5. The molecule has 7 nitrogen and oxygen atoms in total. The smallest absolute Gasteiger partial charge is 0.273 e. The molecule has 0 atom stereocenters. The molecule has 0 fully saturated rings. The van der Waals surface area contributed by atoms with Gasteiger partial charge in [0, 0.05) is 49.1 Å². The minimum atomic E-state index is -0.258. The van der Waals surface area contributed by atoms with E-state index in [1.807, 2.05) is 18.2 Å². The van der Waals surface area contributed by atoms with E-state index in [1.165, 1.54) is 33.9 Å². The molecule has 0 unspecified atom stereocenters. The van der Waals surface area contributed by atoms with Crippen LogP contribution in [0.15, 0.2) is 83.9 Å². The predicted octanol–water partition coefficient (Wildman–Crippen LogP) is 5.34. The van der Waals surface area contributed by atoms with E-state index >= 15 is 0 Å². The number of benzene rings is 2. The number of nitrogens with one attached hydrogen (secondary N) is 2. The quantitative estimate of drug-likeness (QED) is 0.274. The summed E-state index contributed by atoms with van der Waals surface area (Å²) in [6, 6.07) is 18.7. The number of H-pyrrole nitrogens is 1. The van der Waals surface area contributed by atoms with Gasteiger partial charge in [0.1, 0.15) is 6.26 Å². The number of hydrogen-bond donors (Lipinski definition) is 2. The monoisotopic (exact) mass is 493 g/mol. The van der Waals surface area contributed by atoms with Gasteiger partial charge in [-0.25, -0.2) is 4.98 Å². The maximum absolute atomic E-state index is 12.6. The Balaban J connectivity index is 1.29. The van der Waals surface area contributed by atoms with E-state index in [2.05, 4.69) is 81.6 Å². The first-order chi connectivity index (χ1) is 18.0. The molecule has 37 heavy (non-hydrogen) atoms. The van der Waals surface area contributed by atoms with Gasteiger partial charge in [0.15, 0.2) is 5.69 Å². The molecular weight excluding hydrogens is 462 g/mol. The number of carbonyl (C=O) groups excluding carboxylic acids is 1. The third-order valence-corrected chi connectivity index (χ3v) is 6.61. The number of amides is 1. The summed E-state index contributed by atoms with van der Waals surface area (Å²) in [7, 11) is 0. The zero-order valence-electron chi connectivity index (χ0n) is 21.2. The van der Waals surface area contributed by atoms with Gasteiger partial charge in [0.05, 0.1) is 6.54 Å². The fraction of sp³-hybridized carbons (Fsp3) is 0.233. The minimum Gasteiger partial charge on any atom is -0.447 e. The van der Waals surface area contributed by atoms with Crippen LogP contribution in [0.25, 0.3) is 10.9 Å². The van der Waals surface area contributed by atoms with Crippen molar-refractivity contribution >= 4 is 16.8 Å². The van der Waals surface area contributed by atoms with Crippen molar-refractivity contribution in [3.8, 4) is 0 Å². The molecule has 0 bridgehead atoms. The van der Waals surface area contributed by atoms with Crippen molar-refractivity contribution < 1.29 is 9.21 Å². The van der Waals surface area contributed by atoms with E-state index in [9.17, 15) is 4.79 Å². The first kappa shape index (κ1) is 24.5. The van der Waals surface area contributed by atoms with E-state index < -0.39 is 0 Å². The molecule has 0 aliphatic carbocycles. The average Bonchev–Trinajstić information content (AvgIpc) is 3.55. The molecule has 7 heteroatoms. The highest BCUT2D eigenvalue weighted by Gasteiger charge is 2.17. The summed E-state index contributed by atoms with van der Waals surface area (Å²) >= 11 is 0. The first-order valence-electron chi connectivity index (χ1n) is 12.5. The minimum absolute atomic E-state index is 0.258. The number of nitrogens with zero attached hydrogens (tertiary/aromatic N) is 3. The van der Waals surface area contributed by atoms with Crippen molar-refractivity contribution in [2.75, 3.05) is 6.54 Å². The van der Waals surface area contributed by atoms with E-state index in [0.717, 1.165) is 30.6 Å². The van der Waals surface area contributed by atoms with E-state index in [0.29, 0.717) is 19.0 Å². The van der Waals surface area contributed by atoms with Crippen molar-refractivity contribution in [3.05, 3.63) is 119 Å². The Bertz CT molecular complexity index is 1490. The Kier molecular flexibility index (Phi) is 7.42. The number of pyridine rings is 1. The zero-order chi connectivity index (χ0) is 25.6. The molecule has 2 aromatic carbocycles. The molecule has 3 heterocycles. The second-order valence-electron chi connectivity index (χ2n) is 9.41. The summed E-state index contributed by atoms with van der Waals surface area (Å²) in [4.78, 5) is 26.8. The Morgan fingerprint density at radius 2 is 1.86 bits per heavy atom. The van der Waals surface area contributed by atoms with Gasteiger partial charge >= 0.3 is 0 Å². The SMILES string of the molecule is Cc1ccc(CN(CCc2c[nH]c3ccccc23)Cc2nc(C(=O)NCc3ccncc3)co2)c(C)c1. The molecule has 0 aliphatic rings.